The normalized spacial score (nSPS) is 30.0. The molecular weight excluding hydrogens is 170 g/mol. The highest BCUT2D eigenvalue weighted by Crippen LogP contribution is 2.41. The van der Waals surface area contributed by atoms with Gasteiger partial charge in [0.1, 0.15) is 0 Å². The molecule has 1 saturated carbocycles. The largest absolute Gasteiger partial charge is 0.327 e. The molecule has 0 amide bonds. The highest BCUT2D eigenvalue weighted by atomic mass is 14.7. The van der Waals surface area contributed by atoms with E-state index in [0.717, 1.165) is 17.8 Å². The lowest BCUT2D eigenvalue weighted by Crippen LogP contribution is -2.26. The second-order valence-corrected chi connectivity index (χ2v) is 5.19. The summed E-state index contributed by atoms with van der Waals surface area (Å²) in [5, 5.41) is 0. The zero-order valence-corrected chi connectivity index (χ0v) is 10.1. The van der Waals surface area contributed by atoms with Gasteiger partial charge in [0.25, 0.3) is 0 Å². The maximum atomic E-state index is 6.22. The van der Waals surface area contributed by atoms with Gasteiger partial charge in [0.05, 0.1) is 0 Å². The molecule has 0 bridgehead atoms. The summed E-state index contributed by atoms with van der Waals surface area (Å²) in [5.41, 5.74) is 6.22. The lowest BCUT2D eigenvalue weighted by molar-refractivity contribution is 0.362. The van der Waals surface area contributed by atoms with E-state index >= 15 is 0 Å². The summed E-state index contributed by atoms with van der Waals surface area (Å²) in [5.74, 6) is 2.65. The highest BCUT2D eigenvalue weighted by Gasteiger charge is 2.37. The molecule has 1 aliphatic carbocycles. The molecule has 1 nitrogen and oxygen atoms in total. The third kappa shape index (κ3) is 3.61. The quantitative estimate of drug-likeness (QED) is 0.663. The smallest absolute Gasteiger partial charge is 0.00724 e. The minimum absolute atomic E-state index is 0.492. The summed E-state index contributed by atoms with van der Waals surface area (Å²) in [6.07, 6.45) is 8.06. The average Bonchev–Trinajstić information content (AvgIpc) is 2.89. The van der Waals surface area contributed by atoms with E-state index in [0.29, 0.717) is 6.04 Å². The van der Waals surface area contributed by atoms with Crippen LogP contribution in [-0.2, 0) is 0 Å². The van der Waals surface area contributed by atoms with Crippen LogP contribution in [0.1, 0.15) is 59.3 Å². The molecule has 0 heterocycles. The maximum absolute atomic E-state index is 6.22. The maximum Gasteiger partial charge on any atom is 0.00724 e. The first-order chi connectivity index (χ1) is 6.69. The molecule has 0 saturated heterocycles. The van der Waals surface area contributed by atoms with Crippen LogP contribution < -0.4 is 5.73 Å². The van der Waals surface area contributed by atoms with Crippen molar-refractivity contribution in [3.05, 3.63) is 0 Å². The molecule has 0 aliphatic heterocycles. The molecule has 84 valence electrons. The number of unbranched alkanes of at least 4 members (excludes halogenated alkanes) is 1. The van der Waals surface area contributed by atoms with Gasteiger partial charge in [-0.05, 0) is 30.6 Å². The van der Waals surface area contributed by atoms with Crippen molar-refractivity contribution in [2.75, 3.05) is 0 Å². The van der Waals surface area contributed by atoms with Crippen LogP contribution in [0.3, 0.4) is 0 Å². The fraction of sp³-hybridized carbons (Fsp3) is 1.00. The number of nitrogens with two attached hydrogens (primary N) is 1. The molecule has 14 heavy (non-hydrogen) atoms. The van der Waals surface area contributed by atoms with E-state index in [1.165, 1.54) is 38.5 Å². The van der Waals surface area contributed by atoms with Crippen molar-refractivity contribution in [2.45, 2.75) is 65.3 Å². The van der Waals surface area contributed by atoms with Crippen molar-refractivity contribution in [1.29, 1.82) is 0 Å². The molecule has 0 aromatic rings. The van der Waals surface area contributed by atoms with Gasteiger partial charge in [0, 0.05) is 6.04 Å². The second-order valence-electron chi connectivity index (χ2n) is 5.19. The lowest BCUT2D eigenvalue weighted by atomic mass is 9.90. The Bertz CT molecular complexity index is 155. The van der Waals surface area contributed by atoms with E-state index in [-0.39, 0.29) is 0 Å². The van der Waals surface area contributed by atoms with Gasteiger partial charge in [-0.15, -0.1) is 0 Å². The second kappa shape index (κ2) is 5.75. The molecule has 0 radical (unpaired) electrons. The summed E-state index contributed by atoms with van der Waals surface area (Å²) in [6, 6.07) is 0.492. The molecule has 1 fully saturated rings. The summed E-state index contributed by atoms with van der Waals surface area (Å²) >= 11 is 0. The molecule has 4 atom stereocenters. The van der Waals surface area contributed by atoms with Crippen LogP contribution in [0.15, 0.2) is 0 Å². The number of hydrogen-bond acceptors (Lipinski definition) is 1. The van der Waals surface area contributed by atoms with Gasteiger partial charge in [-0.2, -0.15) is 0 Å². The van der Waals surface area contributed by atoms with Crippen molar-refractivity contribution in [3.8, 4) is 0 Å². The number of rotatable bonds is 7. The first kappa shape index (κ1) is 12.0. The predicted octanol–water partition coefficient (Wildman–Crippen LogP) is 3.58. The van der Waals surface area contributed by atoms with Gasteiger partial charge < -0.3 is 5.73 Å². The molecule has 0 aromatic carbocycles. The summed E-state index contributed by atoms with van der Waals surface area (Å²) in [7, 11) is 0. The van der Waals surface area contributed by atoms with E-state index < -0.39 is 0 Å². The molecule has 1 heteroatoms. The molecule has 0 spiro atoms. The van der Waals surface area contributed by atoms with Gasteiger partial charge in [0.15, 0.2) is 0 Å². The van der Waals surface area contributed by atoms with Crippen molar-refractivity contribution < 1.29 is 0 Å². The van der Waals surface area contributed by atoms with Crippen molar-refractivity contribution in [1.82, 2.24) is 0 Å². The van der Waals surface area contributed by atoms with E-state index in [2.05, 4.69) is 20.8 Å². The van der Waals surface area contributed by atoms with Crippen LogP contribution in [0.2, 0.25) is 0 Å². The molecule has 0 aromatic heterocycles. The fourth-order valence-electron chi connectivity index (χ4n) is 2.49. The molecule has 2 N–H and O–H groups in total. The van der Waals surface area contributed by atoms with E-state index in [9.17, 15) is 0 Å². The molecule has 4 unspecified atom stereocenters. The third-order valence-electron chi connectivity index (χ3n) is 3.87. The van der Waals surface area contributed by atoms with Crippen LogP contribution in [0.5, 0.6) is 0 Å². The van der Waals surface area contributed by atoms with Crippen LogP contribution in [0, 0.1) is 17.8 Å². The summed E-state index contributed by atoms with van der Waals surface area (Å²) in [4.78, 5) is 0. The van der Waals surface area contributed by atoms with Crippen LogP contribution in [-0.4, -0.2) is 6.04 Å². The summed E-state index contributed by atoms with van der Waals surface area (Å²) in [6.45, 7) is 6.91. The molecule has 1 rings (SSSR count). The predicted molar refractivity (Wildman–Crippen MR) is 63.2 cm³/mol. The van der Waals surface area contributed by atoms with E-state index in [1.807, 2.05) is 0 Å². The third-order valence-corrected chi connectivity index (χ3v) is 3.87. The van der Waals surface area contributed by atoms with Crippen molar-refractivity contribution >= 4 is 0 Å². The first-order valence-electron chi connectivity index (χ1n) is 6.44. The Morgan fingerprint density at radius 3 is 2.43 bits per heavy atom. The van der Waals surface area contributed by atoms with E-state index in [1.54, 1.807) is 0 Å². The summed E-state index contributed by atoms with van der Waals surface area (Å²) < 4.78 is 0. The fourth-order valence-corrected chi connectivity index (χ4v) is 2.49. The molecular formula is C13H27N. The topological polar surface area (TPSA) is 26.0 Å². The minimum Gasteiger partial charge on any atom is -0.327 e. The Morgan fingerprint density at radius 2 is 2.00 bits per heavy atom. The van der Waals surface area contributed by atoms with Crippen LogP contribution in [0.25, 0.3) is 0 Å². The van der Waals surface area contributed by atoms with Gasteiger partial charge in [-0.3, -0.25) is 0 Å². The SMILES string of the molecule is CCCCC(CC)CC(N)C1CC1C. The van der Waals surface area contributed by atoms with Crippen LogP contribution >= 0.6 is 0 Å². The average molecular weight is 197 g/mol. The highest BCUT2D eigenvalue weighted by molar-refractivity contribution is 4.91. The standard InChI is InChI=1S/C13H27N/c1-4-6-7-11(5-2)9-13(14)12-8-10(12)3/h10-13H,4-9,14H2,1-3H3. The Hall–Kier alpha value is -0.0400. The Labute approximate surface area is 89.5 Å². The van der Waals surface area contributed by atoms with E-state index in [4.69, 9.17) is 5.73 Å². The number of hydrogen-bond donors (Lipinski definition) is 1. The Kier molecular flexibility index (Phi) is 4.94. The van der Waals surface area contributed by atoms with Crippen molar-refractivity contribution in [3.63, 3.8) is 0 Å². The molecule has 1 aliphatic rings. The van der Waals surface area contributed by atoms with Crippen LogP contribution in [0.4, 0.5) is 0 Å². The lowest BCUT2D eigenvalue weighted by Gasteiger charge is -2.19. The zero-order chi connectivity index (χ0) is 10.6. The van der Waals surface area contributed by atoms with Gasteiger partial charge in [0.2, 0.25) is 0 Å². The van der Waals surface area contributed by atoms with Crippen molar-refractivity contribution in [2.24, 2.45) is 23.5 Å². The first-order valence-corrected chi connectivity index (χ1v) is 6.44. The van der Waals surface area contributed by atoms with Gasteiger partial charge >= 0.3 is 0 Å². The minimum atomic E-state index is 0.492. The van der Waals surface area contributed by atoms with Gasteiger partial charge in [-0.1, -0.05) is 46.5 Å². The Morgan fingerprint density at radius 1 is 1.36 bits per heavy atom. The van der Waals surface area contributed by atoms with Gasteiger partial charge in [-0.25, -0.2) is 0 Å². The monoisotopic (exact) mass is 197 g/mol. The Balaban J connectivity index is 2.18. The zero-order valence-electron chi connectivity index (χ0n) is 10.1.